The highest BCUT2D eigenvalue weighted by Crippen LogP contribution is 1.86. The number of unbranched alkanes of at least 4 members (excludes halogenated alkanes) is 1. The first-order chi connectivity index (χ1) is 9.16. The van der Waals surface area contributed by atoms with Gasteiger partial charge in [-0.05, 0) is 6.42 Å². The summed E-state index contributed by atoms with van der Waals surface area (Å²) >= 11 is 0. The molecule has 1 aromatic rings. The molecule has 6 nitrogen and oxygen atoms in total. The topological polar surface area (TPSA) is 65.3 Å². The highest BCUT2D eigenvalue weighted by atomic mass is 16.5. The summed E-state index contributed by atoms with van der Waals surface area (Å²) in [5.74, 6) is 0. The summed E-state index contributed by atoms with van der Waals surface area (Å²) in [7, 11) is 1.63. The molecule has 0 unspecified atom stereocenters. The van der Waals surface area contributed by atoms with E-state index in [1.54, 1.807) is 7.05 Å². The van der Waals surface area contributed by atoms with E-state index < -0.39 is 0 Å². The molecule has 1 aromatic heterocycles. The van der Waals surface area contributed by atoms with Gasteiger partial charge in [0.15, 0.2) is 0 Å². The summed E-state index contributed by atoms with van der Waals surface area (Å²) < 4.78 is 8.02. The predicted octanol–water partition coefficient (Wildman–Crippen LogP) is -0.0467. The highest BCUT2D eigenvalue weighted by Gasteiger charge is 2.01. The van der Waals surface area contributed by atoms with Crippen molar-refractivity contribution in [2.24, 2.45) is 7.05 Å². The van der Waals surface area contributed by atoms with Gasteiger partial charge in [0.05, 0.1) is 6.61 Å². The minimum Gasteiger partial charge on any atom is -0.380 e. The maximum atomic E-state index is 11.7. The molecule has 0 amide bonds. The van der Waals surface area contributed by atoms with Crippen molar-refractivity contribution >= 4 is 0 Å². The fourth-order valence-corrected chi connectivity index (χ4v) is 1.63. The van der Waals surface area contributed by atoms with Crippen LogP contribution in [0, 0.1) is 0 Å². The monoisotopic (exact) mass is 269 g/mol. The van der Waals surface area contributed by atoms with Crippen LogP contribution in [0.25, 0.3) is 0 Å². The molecule has 0 fully saturated rings. The van der Waals surface area contributed by atoms with Crippen molar-refractivity contribution in [1.82, 2.24) is 14.5 Å². The Bertz CT molecular complexity index is 479. The Labute approximate surface area is 113 Å². The first-order valence-corrected chi connectivity index (χ1v) is 6.71. The van der Waals surface area contributed by atoms with Crippen LogP contribution in [0.1, 0.15) is 19.8 Å². The van der Waals surface area contributed by atoms with E-state index in [2.05, 4.69) is 12.2 Å². The maximum Gasteiger partial charge on any atom is 0.330 e. The number of ether oxygens (including phenoxy) is 1. The summed E-state index contributed by atoms with van der Waals surface area (Å²) in [6.45, 7) is 5.25. The van der Waals surface area contributed by atoms with Gasteiger partial charge < -0.3 is 14.6 Å². The van der Waals surface area contributed by atoms with E-state index in [1.807, 2.05) is 0 Å². The van der Waals surface area contributed by atoms with Crippen LogP contribution >= 0.6 is 0 Å². The molecule has 0 aliphatic heterocycles. The number of hydrogen-bond acceptors (Lipinski definition) is 4. The van der Waals surface area contributed by atoms with E-state index in [4.69, 9.17) is 4.74 Å². The molecule has 6 heteroatoms. The zero-order valence-electron chi connectivity index (χ0n) is 11.7. The number of hydrogen-bond donors (Lipinski definition) is 1. The van der Waals surface area contributed by atoms with E-state index in [1.165, 1.54) is 21.4 Å². The molecule has 1 heterocycles. The van der Waals surface area contributed by atoms with E-state index in [0.717, 1.165) is 26.0 Å². The number of rotatable bonds is 9. The molecule has 1 rings (SSSR count). The Morgan fingerprint density at radius 2 is 2.05 bits per heavy atom. The first-order valence-electron chi connectivity index (χ1n) is 6.71. The lowest BCUT2D eigenvalue weighted by Crippen LogP contribution is -2.40. The zero-order valence-corrected chi connectivity index (χ0v) is 11.7. The van der Waals surface area contributed by atoms with Crippen LogP contribution in [-0.4, -0.2) is 35.4 Å². The quantitative estimate of drug-likeness (QED) is 0.639. The standard InChI is InChI=1S/C13H23N3O3/c1-3-4-10-19-11-7-14-6-9-16-12(17)5-8-15(2)13(16)18/h5,8,14H,3-4,6-7,9-11H2,1-2H3. The van der Waals surface area contributed by atoms with Crippen LogP contribution in [0.4, 0.5) is 0 Å². The molecule has 0 spiro atoms. The Morgan fingerprint density at radius 1 is 1.26 bits per heavy atom. The van der Waals surface area contributed by atoms with Gasteiger partial charge in [0.2, 0.25) is 0 Å². The number of aromatic nitrogens is 2. The van der Waals surface area contributed by atoms with Gasteiger partial charge in [-0.3, -0.25) is 9.36 Å². The van der Waals surface area contributed by atoms with Gasteiger partial charge in [0.25, 0.3) is 5.56 Å². The van der Waals surface area contributed by atoms with E-state index in [9.17, 15) is 9.59 Å². The summed E-state index contributed by atoms with van der Waals surface area (Å²) in [6.07, 6.45) is 3.69. The van der Waals surface area contributed by atoms with Crippen LogP contribution in [0.15, 0.2) is 21.9 Å². The van der Waals surface area contributed by atoms with Crippen LogP contribution in [-0.2, 0) is 18.3 Å². The highest BCUT2D eigenvalue weighted by molar-refractivity contribution is 4.85. The molecular weight excluding hydrogens is 246 g/mol. The molecule has 0 aliphatic rings. The Kier molecular flexibility index (Phi) is 7.14. The average Bonchev–Trinajstić information content (AvgIpc) is 2.40. The summed E-state index contributed by atoms with van der Waals surface area (Å²) in [5.41, 5.74) is -0.544. The summed E-state index contributed by atoms with van der Waals surface area (Å²) in [4.78, 5) is 23.2. The van der Waals surface area contributed by atoms with Crippen LogP contribution in [0.3, 0.4) is 0 Å². The number of nitrogens with one attached hydrogen (secondary N) is 1. The lowest BCUT2D eigenvalue weighted by atomic mass is 10.4. The minimum atomic E-state index is -0.284. The molecular formula is C13H23N3O3. The molecule has 0 radical (unpaired) electrons. The third-order valence-electron chi connectivity index (χ3n) is 2.82. The Hall–Kier alpha value is -1.40. The van der Waals surface area contributed by atoms with Crippen molar-refractivity contribution in [3.05, 3.63) is 33.1 Å². The summed E-state index contributed by atoms with van der Waals surface area (Å²) in [5, 5.41) is 3.15. The second kappa shape index (κ2) is 8.66. The third-order valence-corrected chi connectivity index (χ3v) is 2.82. The fourth-order valence-electron chi connectivity index (χ4n) is 1.63. The van der Waals surface area contributed by atoms with Gasteiger partial charge >= 0.3 is 5.69 Å². The van der Waals surface area contributed by atoms with Gasteiger partial charge in [-0.15, -0.1) is 0 Å². The van der Waals surface area contributed by atoms with Crippen LogP contribution < -0.4 is 16.6 Å². The molecule has 1 N–H and O–H groups in total. The van der Waals surface area contributed by atoms with Crippen molar-refractivity contribution in [2.75, 3.05) is 26.3 Å². The van der Waals surface area contributed by atoms with Crippen LogP contribution in [0.5, 0.6) is 0 Å². The average molecular weight is 269 g/mol. The second-order valence-corrected chi connectivity index (χ2v) is 4.42. The Morgan fingerprint density at radius 3 is 2.79 bits per heavy atom. The van der Waals surface area contributed by atoms with Crippen molar-refractivity contribution in [1.29, 1.82) is 0 Å². The summed E-state index contributed by atoms with van der Waals surface area (Å²) in [6, 6.07) is 1.40. The predicted molar refractivity (Wildman–Crippen MR) is 74.5 cm³/mol. The van der Waals surface area contributed by atoms with Gasteiger partial charge in [0.1, 0.15) is 0 Å². The molecule has 0 saturated heterocycles. The second-order valence-electron chi connectivity index (χ2n) is 4.42. The van der Waals surface area contributed by atoms with Crippen molar-refractivity contribution in [3.8, 4) is 0 Å². The van der Waals surface area contributed by atoms with Gasteiger partial charge in [-0.1, -0.05) is 13.3 Å². The van der Waals surface area contributed by atoms with Crippen molar-refractivity contribution < 1.29 is 4.74 Å². The molecule has 108 valence electrons. The van der Waals surface area contributed by atoms with Gasteiger partial charge in [-0.25, -0.2) is 4.79 Å². The molecule has 0 aromatic carbocycles. The normalized spacial score (nSPS) is 10.8. The smallest absolute Gasteiger partial charge is 0.330 e. The largest absolute Gasteiger partial charge is 0.380 e. The SMILES string of the molecule is CCCCOCCNCCn1c(=O)ccn(C)c1=O. The fraction of sp³-hybridized carbons (Fsp3) is 0.692. The van der Waals surface area contributed by atoms with Crippen molar-refractivity contribution in [2.45, 2.75) is 26.3 Å². The third kappa shape index (κ3) is 5.40. The lowest BCUT2D eigenvalue weighted by molar-refractivity contribution is 0.133. The van der Waals surface area contributed by atoms with E-state index >= 15 is 0 Å². The van der Waals surface area contributed by atoms with E-state index in [0.29, 0.717) is 19.7 Å². The minimum absolute atomic E-state index is 0.260. The molecule has 19 heavy (non-hydrogen) atoms. The zero-order chi connectivity index (χ0) is 14.1. The first kappa shape index (κ1) is 15.7. The molecule has 0 atom stereocenters. The van der Waals surface area contributed by atoms with E-state index in [-0.39, 0.29) is 11.2 Å². The Balaban J connectivity index is 2.25. The number of nitrogens with zero attached hydrogens (tertiary/aromatic N) is 2. The van der Waals surface area contributed by atoms with Crippen LogP contribution in [0.2, 0.25) is 0 Å². The molecule has 0 aliphatic carbocycles. The van der Waals surface area contributed by atoms with Gasteiger partial charge in [0, 0.05) is 45.6 Å². The van der Waals surface area contributed by atoms with Crippen molar-refractivity contribution in [3.63, 3.8) is 0 Å². The van der Waals surface area contributed by atoms with Gasteiger partial charge in [-0.2, -0.15) is 0 Å². The molecule has 0 bridgehead atoms. The molecule has 0 saturated carbocycles. The number of aryl methyl sites for hydroxylation is 1. The maximum absolute atomic E-state index is 11.7. The lowest BCUT2D eigenvalue weighted by Gasteiger charge is -2.08.